The predicted molar refractivity (Wildman–Crippen MR) is 118 cm³/mol. The van der Waals surface area contributed by atoms with Crippen LogP contribution in [0, 0.1) is 11.8 Å². The molecule has 0 spiro atoms. The number of carbonyl (C=O) groups excluding carboxylic acids is 3. The molecule has 1 aromatic rings. The summed E-state index contributed by atoms with van der Waals surface area (Å²) in [7, 11) is -4.66. The molecule has 12 nitrogen and oxygen atoms in total. The molecule has 1 aromatic carbocycles. The molecule has 39 heavy (non-hydrogen) atoms. The Hall–Kier alpha value is -3.11. The minimum absolute atomic E-state index is 0.227. The van der Waals surface area contributed by atoms with Crippen LogP contribution in [0.5, 0.6) is 11.5 Å². The third-order valence-electron chi connectivity index (χ3n) is 6.64. The van der Waals surface area contributed by atoms with E-state index in [1.54, 1.807) is 20.8 Å². The smallest absolute Gasteiger partial charge is 0.573 e. The van der Waals surface area contributed by atoms with Crippen LogP contribution >= 0.6 is 0 Å². The maximum absolute atomic E-state index is 13.0. The Morgan fingerprint density at radius 1 is 1.08 bits per heavy atom. The highest BCUT2D eigenvalue weighted by atomic mass is 32.2. The van der Waals surface area contributed by atoms with Gasteiger partial charge < -0.3 is 33.0 Å². The van der Waals surface area contributed by atoms with E-state index in [4.69, 9.17) is 23.7 Å². The van der Waals surface area contributed by atoms with Crippen LogP contribution in [0.25, 0.3) is 0 Å². The molecular weight excluding hydrogens is 557 g/mol. The maximum atomic E-state index is 13.0. The monoisotopic (exact) mass is 581 g/mol. The second-order valence-electron chi connectivity index (χ2n) is 9.74. The van der Waals surface area contributed by atoms with E-state index in [1.165, 1.54) is 0 Å². The molecule has 4 rings (SSSR count). The van der Waals surface area contributed by atoms with Gasteiger partial charge in [-0.25, -0.2) is 13.2 Å². The van der Waals surface area contributed by atoms with Crippen molar-refractivity contribution in [1.29, 1.82) is 0 Å². The summed E-state index contributed by atoms with van der Waals surface area (Å²) in [6.07, 6.45) is -9.10. The molecule has 3 fully saturated rings. The fourth-order valence-corrected chi connectivity index (χ4v) is 4.85. The molecular formula is C23H24F3O12S-. The summed E-state index contributed by atoms with van der Waals surface area (Å²) in [6, 6.07) is 2.91. The van der Waals surface area contributed by atoms with Gasteiger partial charge in [-0.05, 0) is 38.5 Å². The van der Waals surface area contributed by atoms with Gasteiger partial charge in [0.15, 0.2) is 23.7 Å². The Labute approximate surface area is 220 Å². The number of carbonyl (C=O) groups is 3. The minimum atomic E-state index is -5.03. The zero-order valence-electron chi connectivity index (χ0n) is 20.8. The van der Waals surface area contributed by atoms with Crippen LogP contribution in [0.2, 0.25) is 0 Å². The van der Waals surface area contributed by atoms with Crippen molar-refractivity contribution in [2.75, 3.05) is 12.4 Å². The van der Waals surface area contributed by atoms with Crippen molar-refractivity contribution in [2.45, 2.75) is 63.6 Å². The number of hydrogen-bond donors (Lipinski definition) is 0. The summed E-state index contributed by atoms with van der Waals surface area (Å²) in [4.78, 5) is 38.0. The Balaban J connectivity index is 1.54. The molecule has 16 heteroatoms. The lowest BCUT2D eigenvalue weighted by molar-refractivity contribution is -0.275. The number of rotatable bonds is 10. The van der Waals surface area contributed by atoms with Crippen molar-refractivity contribution in [1.82, 2.24) is 0 Å². The van der Waals surface area contributed by atoms with E-state index >= 15 is 0 Å². The Morgan fingerprint density at radius 3 is 2.38 bits per heavy atom. The van der Waals surface area contributed by atoms with Crippen molar-refractivity contribution in [3.63, 3.8) is 0 Å². The van der Waals surface area contributed by atoms with E-state index in [9.17, 15) is 40.5 Å². The average molecular weight is 581 g/mol. The number of ether oxygens (including phenoxy) is 6. The lowest BCUT2D eigenvalue weighted by Gasteiger charge is -2.28. The van der Waals surface area contributed by atoms with Crippen molar-refractivity contribution < 1.29 is 68.9 Å². The number of benzene rings is 1. The molecule has 216 valence electrons. The Bertz CT molecular complexity index is 1260. The lowest BCUT2D eigenvalue weighted by Crippen LogP contribution is -2.48. The van der Waals surface area contributed by atoms with Crippen molar-refractivity contribution in [2.24, 2.45) is 11.8 Å². The van der Waals surface area contributed by atoms with Gasteiger partial charge in [0.05, 0.1) is 21.4 Å². The highest BCUT2D eigenvalue weighted by Crippen LogP contribution is 2.51. The summed E-state index contributed by atoms with van der Waals surface area (Å²) in [6.45, 7) is 4.24. The van der Waals surface area contributed by atoms with Crippen LogP contribution in [0.4, 0.5) is 13.2 Å². The van der Waals surface area contributed by atoms with E-state index < -0.39 is 94.4 Å². The van der Waals surface area contributed by atoms with Gasteiger partial charge in [0.2, 0.25) is 0 Å². The first-order chi connectivity index (χ1) is 18.0. The number of alkyl halides is 3. The molecule has 0 radical (unpaired) electrons. The zero-order chi connectivity index (χ0) is 28.9. The first-order valence-electron chi connectivity index (χ1n) is 11.8. The second kappa shape index (κ2) is 10.1. The number of hydrogen-bond acceptors (Lipinski definition) is 12. The largest absolute Gasteiger partial charge is 0.748 e. The molecule has 0 aromatic heterocycles. The summed E-state index contributed by atoms with van der Waals surface area (Å²) < 4.78 is 102. The van der Waals surface area contributed by atoms with Gasteiger partial charge in [0.25, 0.3) is 0 Å². The van der Waals surface area contributed by atoms with Gasteiger partial charge in [-0.3, -0.25) is 9.59 Å². The van der Waals surface area contributed by atoms with E-state index in [1.807, 2.05) is 0 Å². The third-order valence-corrected chi connectivity index (χ3v) is 7.31. The van der Waals surface area contributed by atoms with Gasteiger partial charge in [-0.15, -0.1) is 13.2 Å². The second-order valence-corrected chi connectivity index (χ2v) is 11.3. The highest BCUT2D eigenvalue weighted by molar-refractivity contribution is 7.85. The number of fused-ring (bicyclic) bond motifs is 1. The molecule has 0 aliphatic carbocycles. The van der Waals surface area contributed by atoms with Gasteiger partial charge in [-0.2, -0.15) is 0 Å². The molecule has 6 atom stereocenters. The number of halogens is 3. The van der Waals surface area contributed by atoms with Crippen LogP contribution in [-0.4, -0.2) is 79.6 Å². The van der Waals surface area contributed by atoms with Crippen LogP contribution in [0.3, 0.4) is 0 Å². The first kappa shape index (κ1) is 28.9. The molecule has 0 N–H and O–H groups in total. The Kier molecular flexibility index (Phi) is 7.50. The summed E-state index contributed by atoms with van der Waals surface area (Å²) in [5.41, 5.74) is -1.15. The summed E-state index contributed by atoms with van der Waals surface area (Å²) in [5, 5.41) is 0. The summed E-state index contributed by atoms with van der Waals surface area (Å²) in [5.74, 6) is -7.32. The first-order valence-corrected chi connectivity index (χ1v) is 13.3. The topological polar surface area (TPSA) is 164 Å². The van der Waals surface area contributed by atoms with Gasteiger partial charge in [0, 0.05) is 0 Å². The molecule has 6 unspecified atom stereocenters. The third kappa shape index (κ3) is 6.22. The van der Waals surface area contributed by atoms with E-state index in [0.717, 1.165) is 18.2 Å². The van der Waals surface area contributed by atoms with Gasteiger partial charge in [0.1, 0.15) is 36.3 Å². The lowest BCUT2D eigenvalue weighted by atomic mass is 9.78. The van der Waals surface area contributed by atoms with Crippen LogP contribution in [-0.2, 0) is 38.7 Å². The normalized spacial score (nSPS) is 27.7. The SMILES string of the molecule is CCC(C)(C)Oc1cc(C(=O)OC2C3OC(=O)C4C3OC2C4C(=O)OCCS(=O)(=O)[O-])ccc1OC(F)(F)F. The minimum Gasteiger partial charge on any atom is -0.748 e. The molecule has 0 saturated carbocycles. The average Bonchev–Trinajstić information content (AvgIpc) is 3.42. The fourth-order valence-electron chi connectivity index (χ4n) is 4.57. The summed E-state index contributed by atoms with van der Waals surface area (Å²) >= 11 is 0. The van der Waals surface area contributed by atoms with Crippen molar-refractivity contribution >= 4 is 28.0 Å². The number of esters is 3. The Morgan fingerprint density at radius 2 is 1.77 bits per heavy atom. The quantitative estimate of drug-likeness (QED) is 0.224. The predicted octanol–water partition coefficient (Wildman–Crippen LogP) is 1.71. The molecule has 2 bridgehead atoms. The van der Waals surface area contributed by atoms with Gasteiger partial charge in [-0.1, -0.05) is 6.92 Å². The molecule has 3 aliphatic rings. The van der Waals surface area contributed by atoms with Gasteiger partial charge >= 0.3 is 24.3 Å². The highest BCUT2D eigenvalue weighted by Gasteiger charge is 2.72. The van der Waals surface area contributed by atoms with Crippen LogP contribution in [0.15, 0.2) is 18.2 Å². The standard InChI is InChI=1S/C23H25F3O12S/c1-4-22(2,3)37-12-9-10(5-6-11(12)38-23(24,25)26)19(27)35-17-15-13(20(28)33-7-8-39(30,31)32)14-16(34-15)18(17)36-21(14)29/h5-6,9,13-18H,4,7-8H2,1-3H3,(H,30,31,32)/p-1. The fraction of sp³-hybridized carbons (Fsp3) is 0.609. The van der Waals surface area contributed by atoms with Crippen LogP contribution < -0.4 is 9.47 Å². The van der Waals surface area contributed by atoms with Crippen LogP contribution in [0.1, 0.15) is 37.6 Å². The van der Waals surface area contributed by atoms with Crippen molar-refractivity contribution in [3.8, 4) is 11.5 Å². The molecule has 3 aliphatic heterocycles. The van der Waals surface area contributed by atoms with E-state index in [2.05, 4.69) is 4.74 Å². The van der Waals surface area contributed by atoms with E-state index in [-0.39, 0.29) is 11.3 Å². The molecule has 0 amide bonds. The zero-order valence-corrected chi connectivity index (χ0v) is 21.6. The maximum Gasteiger partial charge on any atom is 0.573 e. The van der Waals surface area contributed by atoms with E-state index in [0.29, 0.717) is 6.42 Å². The molecule has 3 saturated heterocycles. The molecule has 3 heterocycles. The van der Waals surface area contributed by atoms with Crippen molar-refractivity contribution in [3.05, 3.63) is 23.8 Å².